The third-order valence-electron chi connectivity index (χ3n) is 4.22. The van der Waals surface area contributed by atoms with Crippen molar-refractivity contribution in [2.45, 2.75) is 19.3 Å². The maximum atomic E-state index is 12.1. The molecule has 116 valence electrons. The number of amides is 2. The van der Waals surface area contributed by atoms with Gasteiger partial charge in [-0.2, -0.15) is 0 Å². The van der Waals surface area contributed by atoms with Gasteiger partial charge in [0.1, 0.15) is 6.54 Å². The number of carbonyl (C=O) groups is 3. The maximum absolute atomic E-state index is 12.1. The highest BCUT2D eigenvalue weighted by Crippen LogP contribution is 2.54. The molecule has 2 saturated carbocycles. The predicted molar refractivity (Wildman–Crippen MR) is 79.4 cm³/mol. The Morgan fingerprint density at radius 2 is 1.82 bits per heavy atom. The molecule has 0 radical (unpaired) electrons. The van der Waals surface area contributed by atoms with Crippen molar-refractivity contribution in [1.82, 2.24) is 5.32 Å². The van der Waals surface area contributed by atoms with Crippen LogP contribution in [0, 0.1) is 17.8 Å². The molecule has 2 amide bonds. The molecule has 0 heterocycles. The van der Waals surface area contributed by atoms with Crippen LogP contribution in [-0.4, -0.2) is 29.4 Å². The molecule has 3 rings (SSSR count). The molecule has 6 nitrogen and oxygen atoms in total. The number of carboxylic acids is 1. The molecule has 6 heteroatoms. The number of anilines is 1. The normalized spacial score (nSPS) is 22.7. The molecule has 0 bridgehead atoms. The first-order valence-electron chi connectivity index (χ1n) is 7.45. The number of carboxylic acid groups (broad SMARTS) is 1. The molecule has 0 aliphatic heterocycles. The van der Waals surface area contributed by atoms with Crippen LogP contribution in [0.5, 0.6) is 0 Å². The summed E-state index contributed by atoms with van der Waals surface area (Å²) in [5.41, 5.74) is 1.02. The lowest BCUT2D eigenvalue weighted by Crippen LogP contribution is -2.29. The quantitative estimate of drug-likeness (QED) is 0.742. The van der Waals surface area contributed by atoms with Gasteiger partial charge < -0.3 is 15.7 Å². The average Bonchev–Trinajstić information content (AvgIpc) is 3.37. The van der Waals surface area contributed by atoms with Crippen LogP contribution in [0.1, 0.15) is 29.6 Å². The minimum atomic E-state index is -1.09. The van der Waals surface area contributed by atoms with Crippen LogP contribution in [0.3, 0.4) is 0 Å². The highest BCUT2D eigenvalue weighted by atomic mass is 16.4. The van der Waals surface area contributed by atoms with E-state index < -0.39 is 18.4 Å². The average molecular weight is 302 g/mol. The Morgan fingerprint density at radius 3 is 2.41 bits per heavy atom. The lowest BCUT2D eigenvalue weighted by Gasteiger charge is -2.06. The zero-order valence-corrected chi connectivity index (χ0v) is 12.0. The minimum Gasteiger partial charge on any atom is -0.480 e. The number of aliphatic carboxylic acids is 1. The number of hydrogen-bond acceptors (Lipinski definition) is 3. The Balaban J connectivity index is 1.51. The summed E-state index contributed by atoms with van der Waals surface area (Å²) in [6.07, 6.45) is 3.51. The molecule has 0 saturated heterocycles. The topological polar surface area (TPSA) is 95.5 Å². The number of hydrogen-bond donors (Lipinski definition) is 3. The van der Waals surface area contributed by atoms with E-state index in [1.807, 2.05) is 0 Å². The van der Waals surface area contributed by atoms with Crippen molar-refractivity contribution in [3.63, 3.8) is 0 Å². The summed E-state index contributed by atoms with van der Waals surface area (Å²) in [4.78, 5) is 34.1. The summed E-state index contributed by atoms with van der Waals surface area (Å²) in [5, 5.41) is 13.7. The zero-order valence-electron chi connectivity index (χ0n) is 12.0. The Bertz CT molecular complexity index is 607. The summed E-state index contributed by atoms with van der Waals surface area (Å²) < 4.78 is 0. The van der Waals surface area contributed by atoms with E-state index in [0.29, 0.717) is 17.2 Å². The van der Waals surface area contributed by atoms with Crippen molar-refractivity contribution < 1.29 is 19.5 Å². The van der Waals surface area contributed by atoms with Crippen LogP contribution >= 0.6 is 0 Å². The second-order valence-electron chi connectivity index (χ2n) is 5.99. The fourth-order valence-electron chi connectivity index (χ4n) is 2.76. The molecular formula is C16H18N2O4. The Hall–Kier alpha value is -2.37. The van der Waals surface area contributed by atoms with E-state index in [1.165, 1.54) is 12.8 Å². The van der Waals surface area contributed by atoms with Crippen LogP contribution in [0.2, 0.25) is 0 Å². The minimum absolute atomic E-state index is 0.0555. The van der Waals surface area contributed by atoms with E-state index in [4.69, 9.17) is 5.11 Å². The highest BCUT2D eigenvalue weighted by Gasteiger charge is 2.51. The van der Waals surface area contributed by atoms with Crippen LogP contribution in [-0.2, 0) is 9.59 Å². The smallest absolute Gasteiger partial charge is 0.322 e. The molecule has 2 aliphatic carbocycles. The van der Waals surface area contributed by atoms with Gasteiger partial charge in [0.15, 0.2) is 0 Å². The van der Waals surface area contributed by atoms with Crippen LogP contribution in [0.4, 0.5) is 5.69 Å². The Kier molecular flexibility index (Phi) is 3.83. The first-order valence-corrected chi connectivity index (χ1v) is 7.45. The number of carbonyl (C=O) groups excluding carboxylic acids is 2. The molecule has 1 aromatic carbocycles. The van der Waals surface area contributed by atoms with Gasteiger partial charge in [0.05, 0.1) is 0 Å². The third-order valence-corrected chi connectivity index (χ3v) is 4.22. The van der Waals surface area contributed by atoms with Gasteiger partial charge in [0, 0.05) is 17.2 Å². The van der Waals surface area contributed by atoms with Gasteiger partial charge in [0.2, 0.25) is 5.91 Å². The lowest BCUT2D eigenvalue weighted by molar-refractivity contribution is -0.135. The van der Waals surface area contributed by atoms with Crippen molar-refractivity contribution in [2.24, 2.45) is 17.8 Å². The molecule has 2 unspecified atom stereocenters. The third kappa shape index (κ3) is 3.44. The van der Waals surface area contributed by atoms with E-state index in [9.17, 15) is 14.4 Å². The summed E-state index contributed by atoms with van der Waals surface area (Å²) in [5.74, 6) is -0.00806. The molecule has 2 aliphatic rings. The van der Waals surface area contributed by atoms with Gasteiger partial charge in [-0.3, -0.25) is 14.4 Å². The molecule has 1 aromatic rings. The number of nitrogens with one attached hydrogen (secondary N) is 2. The molecule has 2 atom stereocenters. The summed E-state index contributed by atoms with van der Waals surface area (Å²) in [6.45, 7) is -0.415. The van der Waals surface area contributed by atoms with Crippen molar-refractivity contribution in [3.8, 4) is 0 Å². The fourth-order valence-corrected chi connectivity index (χ4v) is 2.76. The molecule has 22 heavy (non-hydrogen) atoms. The Morgan fingerprint density at radius 1 is 1.14 bits per heavy atom. The van der Waals surface area contributed by atoms with E-state index in [-0.39, 0.29) is 11.8 Å². The zero-order chi connectivity index (χ0) is 15.7. The summed E-state index contributed by atoms with van der Waals surface area (Å²) >= 11 is 0. The molecular weight excluding hydrogens is 284 g/mol. The van der Waals surface area contributed by atoms with Crippen LogP contribution in [0.25, 0.3) is 0 Å². The fraction of sp³-hybridized carbons (Fsp3) is 0.438. The maximum Gasteiger partial charge on any atom is 0.322 e. The van der Waals surface area contributed by atoms with Crippen molar-refractivity contribution in [1.29, 1.82) is 0 Å². The summed E-state index contributed by atoms with van der Waals surface area (Å²) in [6, 6.07) is 6.44. The largest absolute Gasteiger partial charge is 0.480 e. The molecule has 0 aromatic heterocycles. The van der Waals surface area contributed by atoms with Crippen LogP contribution in [0.15, 0.2) is 24.3 Å². The van der Waals surface area contributed by atoms with Crippen LogP contribution < -0.4 is 10.6 Å². The molecule has 2 fully saturated rings. The molecule has 0 spiro atoms. The van der Waals surface area contributed by atoms with Crippen molar-refractivity contribution >= 4 is 23.5 Å². The number of rotatable bonds is 6. The van der Waals surface area contributed by atoms with E-state index in [2.05, 4.69) is 10.6 Å². The van der Waals surface area contributed by atoms with E-state index in [0.717, 1.165) is 12.3 Å². The van der Waals surface area contributed by atoms with Gasteiger partial charge in [-0.1, -0.05) is 0 Å². The second kappa shape index (κ2) is 5.79. The van der Waals surface area contributed by atoms with Gasteiger partial charge in [0.25, 0.3) is 5.91 Å². The molecule has 3 N–H and O–H groups in total. The van der Waals surface area contributed by atoms with E-state index >= 15 is 0 Å². The van der Waals surface area contributed by atoms with Gasteiger partial charge >= 0.3 is 5.97 Å². The number of benzene rings is 1. The SMILES string of the molecule is O=C(O)CNC(=O)c1ccc(NC(=O)C2CC2C2CC2)cc1. The van der Waals surface area contributed by atoms with Crippen molar-refractivity contribution in [3.05, 3.63) is 29.8 Å². The van der Waals surface area contributed by atoms with Gasteiger partial charge in [-0.25, -0.2) is 0 Å². The second-order valence-corrected chi connectivity index (χ2v) is 5.99. The van der Waals surface area contributed by atoms with Crippen molar-refractivity contribution in [2.75, 3.05) is 11.9 Å². The monoisotopic (exact) mass is 302 g/mol. The standard InChI is InChI=1S/C16H18N2O4/c19-14(20)8-17-15(21)10-3-5-11(6-4-10)18-16(22)13-7-12(13)9-1-2-9/h3-6,9,12-13H,1-2,7-8H2,(H,17,21)(H,18,22)(H,19,20). The van der Waals surface area contributed by atoms with Gasteiger partial charge in [-0.05, 0) is 55.4 Å². The lowest BCUT2D eigenvalue weighted by atomic mass is 10.2. The first kappa shape index (κ1) is 14.6. The Labute approximate surface area is 127 Å². The highest BCUT2D eigenvalue weighted by molar-refractivity contribution is 5.97. The first-order chi connectivity index (χ1) is 10.5. The summed E-state index contributed by atoms with van der Waals surface area (Å²) in [7, 11) is 0. The van der Waals surface area contributed by atoms with Gasteiger partial charge in [-0.15, -0.1) is 0 Å². The van der Waals surface area contributed by atoms with E-state index in [1.54, 1.807) is 24.3 Å². The predicted octanol–water partition coefficient (Wildman–Crippen LogP) is 1.49.